The monoisotopic (exact) mass is 398 g/mol. The Bertz CT molecular complexity index is 905. The molecule has 27 heavy (non-hydrogen) atoms. The van der Waals surface area contributed by atoms with E-state index in [0.717, 1.165) is 40.2 Å². The topological polar surface area (TPSA) is 49.3 Å². The Morgan fingerprint density at radius 1 is 1.00 bits per heavy atom. The number of hydrogen-bond donors (Lipinski definition) is 0. The highest BCUT2D eigenvalue weighted by Crippen LogP contribution is 2.21. The molecule has 0 spiro atoms. The molecular weight excluding hydrogens is 380 g/mol. The van der Waals surface area contributed by atoms with Crippen molar-refractivity contribution in [3.63, 3.8) is 0 Å². The predicted octanol–water partition coefficient (Wildman–Crippen LogP) is 3.74. The first-order valence-corrected chi connectivity index (χ1v) is 10.0. The fourth-order valence-corrected chi connectivity index (χ4v) is 3.96. The lowest BCUT2D eigenvalue weighted by Gasteiger charge is -2.34. The van der Waals surface area contributed by atoms with E-state index in [1.165, 1.54) is 11.5 Å². The number of aromatic nitrogens is 2. The van der Waals surface area contributed by atoms with Gasteiger partial charge in [0.05, 0.1) is 0 Å². The van der Waals surface area contributed by atoms with Crippen LogP contribution >= 0.6 is 23.1 Å². The van der Waals surface area contributed by atoms with Gasteiger partial charge < -0.3 is 9.80 Å². The molecule has 1 amide bonds. The SMILES string of the molecule is O=C(c1ccccc1)N1CCN(c2nc(Cc3ccc(Cl)cc3)ns2)CC1. The van der Waals surface area contributed by atoms with Gasteiger partial charge in [-0.15, -0.1) is 0 Å². The molecule has 0 atom stereocenters. The second-order valence-electron chi connectivity index (χ2n) is 6.44. The maximum Gasteiger partial charge on any atom is 0.253 e. The van der Waals surface area contributed by atoms with E-state index in [4.69, 9.17) is 11.6 Å². The van der Waals surface area contributed by atoms with Crippen LogP contribution in [0, 0.1) is 0 Å². The molecule has 0 aliphatic carbocycles. The predicted molar refractivity (Wildman–Crippen MR) is 109 cm³/mol. The zero-order chi connectivity index (χ0) is 18.6. The molecule has 2 heterocycles. The average Bonchev–Trinajstić information content (AvgIpc) is 3.18. The Hall–Kier alpha value is -2.44. The number of halogens is 1. The van der Waals surface area contributed by atoms with E-state index >= 15 is 0 Å². The minimum Gasteiger partial charge on any atom is -0.343 e. The van der Waals surface area contributed by atoms with Crippen LogP contribution in [0.1, 0.15) is 21.7 Å². The van der Waals surface area contributed by atoms with Gasteiger partial charge in [-0.3, -0.25) is 4.79 Å². The third-order valence-electron chi connectivity index (χ3n) is 4.59. The third kappa shape index (κ3) is 4.28. The van der Waals surface area contributed by atoms with Crippen molar-refractivity contribution in [2.24, 2.45) is 0 Å². The van der Waals surface area contributed by atoms with Crippen molar-refractivity contribution in [3.8, 4) is 0 Å². The van der Waals surface area contributed by atoms with E-state index in [9.17, 15) is 4.79 Å². The molecule has 0 unspecified atom stereocenters. The van der Waals surface area contributed by atoms with E-state index in [1.54, 1.807) is 0 Å². The Balaban J connectivity index is 1.35. The summed E-state index contributed by atoms with van der Waals surface area (Å²) in [6, 6.07) is 17.2. The second kappa shape index (κ2) is 8.06. The van der Waals surface area contributed by atoms with Crippen molar-refractivity contribution in [1.82, 2.24) is 14.3 Å². The van der Waals surface area contributed by atoms with E-state index < -0.39 is 0 Å². The number of nitrogens with zero attached hydrogens (tertiary/aromatic N) is 4. The molecule has 5 nitrogen and oxygen atoms in total. The van der Waals surface area contributed by atoms with Gasteiger partial charge in [-0.25, -0.2) is 4.98 Å². The second-order valence-corrected chi connectivity index (χ2v) is 7.61. The molecule has 7 heteroatoms. The first-order chi connectivity index (χ1) is 13.2. The van der Waals surface area contributed by atoms with Crippen LogP contribution in [0.4, 0.5) is 5.13 Å². The lowest BCUT2D eigenvalue weighted by molar-refractivity contribution is 0.0747. The summed E-state index contributed by atoms with van der Waals surface area (Å²) in [4.78, 5) is 21.3. The van der Waals surface area contributed by atoms with Crippen LogP contribution in [0.5, 0.6) is 0 Å². The molecule has 0 radical (unpaired) electrons. The molecule has 2 aromatic carbocycles. The largest absolute Gasteiger partial charge is 0.343 e. The van der Waals surface area contributed by atoms with Crippen LogP contribution in [0.3, 0.4) is 0 Å². The lowest BCUT2D eigenvalue weighted by Crippen LogP contribution is -2.48. The fraction of sp³-hybridized carbons (Fsp3) is 0.250. The van der Waals surface area contributed by atoms with Crippen molar-refractivity contribution in [2.75, 3.05) is 31.1 Å². The maximum atomic E-state index is 12.5. The molecule has 1 fully saturated rings. The van der Waals surface area contributed by atoms with Crippen LogP contribution in [-0.4, -0.2) is 46.3 Å². The van der Waals surface area contributed by atoms with Gasteiger partial charge in [0.1, 0.15) is 5.82 Å². The molecule has 138 valence electrons. The minimum atomic E-state index is 0.0935. The number of hydrogen-bond acceptors (Lipinski definition) is 5. The minimum absolute atomic E-state index is 0.0935. The molecule has 3 aromatic rings. The van der Waals surface area contributed by atoms with Crippen molar-refractivity contribution < 1.29 is 4.79 Å². The third-order valence-corrected chi connectivity index (χ3v) is 5.66. The molecule has 4 rings (SSSR count). The number of anilines is 1. The van der Waals surface area contributed by atoms with Crippen LogP contribution in [-0.2, 0) is 6.42 Å². The molecule has 0 saturated carbocycles. The van der Waals surface area contributed by atoms with Crippen molar-refractivity contribution >= 4 is 34.2 Å². The number of amides is 1. The van der Waals surface area contributed by atoms with Crippen LogP contribution < -0.4 is 4.90 Å². The highest BCUT2D eigenvalue weighted by Gasteiger charge is 2.24. The summed E-state index contributed by atoms with van der Waals surface area (Å²) in [6.45, 7) is 2.93. The van der Waals surface area contributed by atoms with Gasteiger partial charge in [-0.05, 0) is 29.8 Å². The summed E-state index contributed by atoms with van der Waals surface area (Å²) in [6.07, 6.45) is 0.695. The van der Waals surface area contributed by atoms with E-state index in [2.05, 4.69) is 14.3 Å². The van der Waals surface area contributed by atoms with Gasteiger partial charge in [-0.2, -0.15) is 4.37 Å². The summed E-state index contributed by atoms with van der Waals surface area (Å²) >= 11 is 7.35. The number of carbonyl (C=O) groups is 1. The Labute approximate surface area is 167 Å². The first-order valence-electron chi connectivity index (χ1n) is 8.85. The van der Waals surface area contributed by atoms with Gasteiger partial charge in [0.15, 0.2) is 0 Å². The number of rotatable bonds is 4. The van der Waals surface area contributed by atoms with Gasteiger partial charge in [-0.1, -0.05) is 41.9 Å². The zero-order valence-corrected chi connectivity index (χ0v) is 16.3. The fourth-order valence-electron chi connectivity index (χ4n) is 3.09. The quantitative estimate of drug-likeness (QED) is 0.671. The van der Waals surface area contributed by atoms with Gasteiger partial charge >= 0.3 is 0 Å². The van der Waals surface area contributed by atoms with E-state index in [-0.39, 0.29) is 5.91 Å². The molecule has 1 aliphatic rings. The Kier molecular flexibility index (Phi) is 5.36. The van der Waals surface area contributed by atoms with Gasteiger partial charge in [0, 0.05) is 54.7 Å². The van der Waals surface area contributed by atoms with Gasteiger partial charge in [0.25, 0.3) is 5.91 Å². The molecule has 0 N–H and O–H groups in total. The highest BCUT2D eigenvalue weighted by molar-refractivity contribution is 7.09. The van der Waals surface area contributed by atoms with Crippen molar-refractivity contribution in [2.45, 2.75) is 6.42 Å². The smallest absolute Gasteiger partial charge is 0.253 e. The summed E-state index contributed by atoms with van der Waals surface area (Å²) in [5.74, 6) is 0.913. The summed E-state index contributed by atoms with van der Waals surface area (Å²) in [5, 5.41) is 1.65. The van der Waals surface area contributed by atoms with Crippen LogP contribution in [0.15, 0.2) is 54.6 Å². The molecule has 1 aromatic heterocycles. The summed E-state index contributed by atoms with van der Waals surface area (Å²) < 4.78 is 4.49. The summed E-state index contributed by atoms with van der Waals surface area (Å²) in [7, 11) is 0. The Morgan fingerprint density at radius 2 is 1.70 bits per heavy atom. The van der Waals surface area contributed by atoms with E-state index in [0.29, 0.717) is 19.5 Å². The molecule has 1 aliphatic heterocycles. The average molecular weight is 399 g/mol. The number of piperazine rings is 1. The van der Waals surface area contributed by atoms with Crippen LogP contribution in [0.25, 0.3) is 0 Å². The first kappa shape index (κ1) is 17.9. The van der Waals surface area contributed by atoms with E-state index in [1.807, 2.05) is 59.5 Å². The normalized spacial score (nSPS) is 14.4. The molecule has 1 saturated heterocycles. The van der Waals surface area contributed by atoms with Gasteiger partial charge in [0.2, 0.25) is 5.13 Å². The molecular formula is C20H19ClN4OS. The zero-order valence-electron chi connectivity index (χ0n) is 14.7. The summed E-state index contributed by atoms with van der Waals surface area (Å²) in [5.41, 5.74) is 1.88. The Morgan fingerprint density at radius 3 is 2.41 bits per heavy atom. The van der Waals surface area contributed by atoms with Crippen molar-refractivity contribution in [3.05, 3.63) is 76.6 Å². The maximum absolute atomic E-state index is 12.5. The number of carbonyl (C=O) groups excluding carboxylic acids is 1. The molecule has 0 bridgehead atoms. The van der Waals surface area contributed by atoms with Crippen molar-refractivity contribution in [1.29, 1.82) is 0 Å². The lowest BCUT2D eigenvalue weighted by atomic mass is 10.1. The van der Waals surface area contributed by atoms with Crippen LogP contribution in [0.2, 0.25) is 5.02 Å². The highest BCUT2D eigenvalue weighted by atomic mass is 35.5. The standard InChI is InChI=1S/C20H19ClN4OS/c21-17-8-6-15(7-9-17)14-18-22-20(27-23-18)25-12-10-24(11-13-25)19(26)16-4-2-1-3-5-16/h1-9H,10-14H2. The number of benzene rings is 2.